The molecule has 3 aliphatic rings. The molecule has 2 amide bonds. The summed E-state index contributed by atoms with van der Waals surface area (Å²) >= 11 is 6.36. The van der Waals surface area contributed by atoms with Gasteiger partial charge in [0.15, 0.2) is 0 Å². The molecule has 3 saturated heterocycles. The molecular formula is C25H33ClN2O6. The molecule has 0 aliphatic carbocycles. The molecule has 2 N–H and O–H groups in total. The summed E-state index contributed by atoms with van der Waals surface area (Å²) in [6.45, 7) is 7.44. The van der Waals surface area contributed by atoms with Crippen LogP contribution >= 0.6 is 11.6 Å². The maximum Gasteiger partial charge on any atom is 0.312 e. The molecule has 2 bridgehead atoms. The normalized spacial score (nSPS) is 30.6. The molecule has 0 saturated carbocycles. The van der Waals surface area contributed by atoms with E-state index >= 15 is 0 Å². The number of benzene rings is 1. The Balaban J connectivity index is 1.77. The van der Waals surface area contributed by atoms with Gasteiger partial charge in [0.2, 0.25) is 11.8 Å². The molecule has 8 nitrogen and oxygen atoms in total. The molecule has 9 heteroatoms. The third kappa shape index (κ3) is 3.89. The lowest BCUT2D eigenvalue weighted by Crippen LogP contribution is -2.56. The number of halogens is 1. The van der Waals surface area contributed by atoms with Crippen LogP contribution in [0.15, 0.2) is 18.2 Å². The molecule has 0 aromatic heterocycles. The minimum absolute atomic E-state index is 0.176. The first-order valence-electron chi connectivity index (χ1n) is 12.0. The van der Waals surface area contributed by atoms with Crippen LogP contribution in [-0.4, -0.2) is 64.8 Å². The van der Waals surface area contributed by atoms with Crippen molar-refractivity contribution in [1.82, 2.24) is 4.90 Å². The Morgan fingerprint density at radius 2 is 2.12 bits per heavy atom. The minimum Gasteiger partial charge on any atom is -0.466 e. The maximum atomic E-state index is 13.9. The van der Waals surface area contributed by atoms with Gasteiger partial charge in [-0.2, -0.15) is 0 Å². The summed E-state index contributed by atoms with van der Waals surface area (Å²) in [6.07, 6.45) is 1.07. The molecule has 3 fully saturated rings. The topological polar surface area (TPSA) is 105 Å². The van der Waals surface area contributed by atoms with Crippen molar-refractivity contribution in [3.63, 3.8) is 0 Å². The van der Waals surface area contributed by atoms with Crippen molar-refractivity contribution in [1.29, 1.82) is 0 Å². The molecular weight excluding hydrogens is 460 g/mol. The van der Waals surface area contributed by atoms with E-state index in [1.165, 1.54) is 4.90 Å². The van der Waals surface area contributed by atoms with Crippen molar-refractivity contribution in [2.75, 3.05) is 18.5 Å². The number of esters is 1. The molecule has 0 radical (unpaired) electrons. The Bertz CT molecular complexity index is 964. The first-order valence-corrected chi connectivity index (χ1v) is 12.4. The van der Waals surface area contributed by atoms with Gasteiger partial charge in [0.05, 0.1) is 47.9 Å². The summed E-state index contributed by atoms with van der Waals surface area (Å²) < 4.78 is 11.6. The Labute approximate surface area is 204 Å². The van der Waals surface area contributed by atoms with Crippen molar-refractivity contribution in [2.45, 2.75) is 70.7 Å². The van der Waals surface area contributed by atoms with E-state index < -0.39 is 47.5 Å². The van der Waals surface area contributed by atoms with Crippen molar-refractivity contribution >= 4 is 35.1 Å². The Hall–Kier alpha value is -2.16. The van der Waals surface area contributed by atoms with Gasteiger partial charge in [-0.15, -0.1) is 0 Å². The van der Waals surface area contributed by atoms with Crippen LogP contribution < -0.4 is 5.32 Å². The highest BCUT2D eigenvalue weighted by molar-refractivity contribution is 6.34. The molecule has 34 heavy (non-hydrogen) atoms. The van der Waals surface area contributed by atoms with Gasteiger partial charge in [0.25, 0.3) is 0 Å². The lowest BCUT2D eigenvalue weighted by atomic mass is 9.70. The number of aryl methyl sites for hydroxylation is 1. The molecule has 1 aromatic carbocycles. The number of aliphatic hydroxyl groups excluding tert-OH is 1. The maximum absolute atomic E-state index is 13.9. The smallest absolute Gasteiger partial charge is 0.312 e. The highest BCUT2D eigenvalue weighted by Gasteiger charge is 2.75. The first kappa shape index (κ1) is 24.9. The highest BCUT2D eigenvalue weighted by atomic mass is 35.5. The molecule has 1 spiro atoms. The number of hydrogen-bond donors (Lipinski definition) is 2. The summed E-state index contributed by atoms with van der Waals surface area (Å²) in [4.78, 5) is 42.1. The van der Waals surface area contributed by atoms with Gasteiger partial charge in [-0.25, -0.2) is 0 Å². The fourth-order valence-electron chi connectivity index (χ4n) is 6.09. The molecule has 186 valence electrons. The van der Waals surface area contributed by atoms with Gasteiger partial charge in [-0.3, -0.25) is 14.4 Å². The van der Waals surface area contributed by atoms with Gasteiger partial charge in [0, 0.05) is 0 Å². The SMILES string of the molecule is CCOC(=O)[C@@H]1[C@H]2C(=O)N([C@@H](CO)CC(C)C)[C@H](C(=O)Nc3c(C)cccc3Cl)[C@]23CC[C@H]1O3. The molecule has 0 unspecified atom stereocenters. The third-order valence-electron chi connectivity index (χ3n) is 7.36. The van der Waals surface area contributed by atoms with Gasteiger partial charge < -0.3 is 24.8 Å². The molecule has 1 aromatic rings. The summed E-state index contributed by atoms with van der Waals surface area (Å²) in [6, 6.07) is 3.74. The zero-order valence-electron chi connectivity index (χ0n) is 20.0. The number of nitrogens with zero attached hydrogens (tertiary/aromatic N) is 1. The first-order chi connectivity index (χ1) is 16.2. The number of para-hydroxylation sites is 1. The van der Waals surface area contributed by atoms with E-state index in [2.05, 4.69) is 5.32 Å². The quantitative estimate of drug-likeness (QED) is 0.540. The van der Waals surface area contributed by atoms with E-state index in [-0.39, 0.29) is 25.0 Å². The third-order valence-corrected chi connectivity index (χ3v) is 7.68. The lowest BCUT2D eigenvalue weighted by Gasteiger charge is -2.37. The van der Waals surface area contributed by atoms with Gasteiger partial charge >= 0.3 is 5.97 Å². The van der Waals surface area contributed by atoms with Crippen molar-refractivity contribution < 1.29 is 29.0 Å². The zero-order chi connectivity index (χ0) is 24.8. The predicted molar refractivity (Wildman–Crippen MR) is 126 cm³/mol. The number of likely N-dealkylation sites (tertiary alicyclic amines) is 1. The highest BCUT2D eigenvalue weighted by Crippen LogP contribution is 2.59. The van der Waals surface area contributed by atoms with Crippen LogP contribution in [0.4, 0.5) is 5.69 Å². The fraction of sp³-hybridized carbons (Fsp3) is 0.640. The number of aliphatic hydroxyl groups is 1. The monoisotopic (exact) mass is 492 g/mol. The van der Waals surface area contributed by atoms with Crippen LogP contribution in [0.1, 0.15) is 45.6 Å². The van der Waals surface area contributed by atoms with E-state index in [1.54, 1.807) is 19.1 Å². The number of carbonyl (C=O) groups excluding carboxylic acids is 3. The number of nitrogens with one attached hydrogen (secondary N) is 1. The molecule has 3 aliphatic heterocycles. The van der Waals surface area contributed by atoms with Crippen molar-refractivity contribution in [2.24, 2.45) is 17.8 Å². The van der Waals surface area contributed by atoms with Gasteiger partial charge in [0.1, 0.15) is 11.6 Å². The fourth-order valence-corrected chi connectivity index (χ4v) is 6.36. The number of rotatable bonds is 8. The molecule has 6 atom stereocenters. The number of anilines is 1. The van der Waals surface area contributed by atoms with Crippen molar-refractivity contribution in [3.05, 3.63) is 28.8 Å². The Kier molecular flexibility index (Phi) is 6.95. The zero-order valence-corrected chi connectivity index (χ0v) is 20.8. The van der Waals surface area contributed by atoms with E-state index in [0.29, 0.717) is 30.0 Å². The summed E-state index contributed by atoms with van der Waals surface area (Å²) in [5.41, 5.74) is 0.107. The average Bonchev–Trinajstić information content (AvgIpc) is 3.42. The minimum atomic E-state index is -1.15. The number of ether oxygens (including phenoxy) is 2. The summed E-state index contributed by atoms with van der Waals surface area (Å²) in [5, 5.41) is 13.6. The Morgan fingerprint density at radius 3 is 2.74 bits per heavy atom. The molecule has 4 rings (SSSR count). The number of hydrogen-bond acceptors (Lipinski definition) is 6. The second-order valence-corrected chi connectivity index (χ2v) is 10.3. The van der Waals surface area contributed by atoms with Gasteiger partial charge in [-0.05, 0) is 50.7 Å². The van der Waals surface area contributed by atoms with Crippen LogP contribution in [0.25, 0.3) is 0 Å². The van der Waals surface area contributed by atoms with E-state index in [9.17, 15) is 19.5 Å². The number of carbonyl (C=O) groups is 3. The number of fused-ring (bicyclic) bond motifs is 1. The van der Waals surface area contributed by atoms with Crippen LogP contribution in [0, 0.1) is 24.7 Å². The van der Waals surface area contributed by atoms with Crippen molar-refractivity contribution in [3.8, 4) is 0 Å². The predicted octanol–water partition coefficient (Wildman–Crippen LogP) is 2.93. The lowest BCUT2D eigenvalue weighted by molar-refractivity contribution is -0.155. The number of amides is 2. The van der Waals surface area contributed by atoms with E-state index in [1.807, 2.05) is 26.8 Å². The second-order valence-electron chi connectivity index (χ2n) is 9.94. The Morgan fingerprint density at radius 1 is 1.38 bits per heavy atom. The van der Waals surface area contributed by atoms with Crippen LogP contribution in [-0.2, 0) is 23.9 Å². The van der Waals surface area contributed by atoms with Crippen LogP contribution in [0.3, 0.4) is 0 Å². The standard InChI is InChI=1S/C25H33ClN2O6/c1-5-33-24(32)18-17-9-10-25(34-17)19(18)23(31)28(15(12-29)11-13(2)3)21(25)22(30)27-20-14(4)7-6-8-16(20)26/h6-8,13,15,17-19,21,29H,5,9-12H2,1-4H3,(H,27,30)/t15-,17-,18+,19+,21-,25+/m1/s1. The summed E-state index contributed by atoms with van der Waals surface area (Å²) in [5.74, 6) is -2.65. The van der Waals surface area contributed by atoms with E-state index in [0.717, 1.165) is 5.56 Å². The molecule has 3 heterocycles. The van der Waals surface area contributed by atoms with Crippen LogP contribution in [0.5, 0.6) is 0 Å². The van der Waals surface area contributed by atoms with E-state index in [4.69, 9.17) is 21.1 Å². The van der Waals surface area contributed by atoms with Gasteiger partial charge in [-0.1, -0.05) is 37.6 Å². The second kappa shape index (κ2) is 9.47. The summed E-state index contributed by atoms with van der Waals surface area (Å²) in [7, 11) is 0. The average molecular weight is 493 g/mol. The largest absolute Gasteiger partial charge is 0.466 e. The van der Waals surface area contributed by atoms with Crippen LogP contribution in [0.2, 0.25) is 5.02 Å².